The highest BCUT2D eigenvalue weighted by Gasteiger charge is 2.26. The van der Waals surface area contributed by atoms with Crippen LogP contribution in [0.5, 0.6) is 40.2 Å². The third-order valence-corrected chi connectivity index (χ3v) is 20.3. The van der Waals surface area contributed by atoms with Gasteiger partial charge in [0.05, 0.1) is 73.5 Å². The lowest BCUT2D eigenvalue weighted by Gasteiger charge is -2.26. The van der Waals surface area contributed by atoms with Crippen molar-refractivity contribution in [2.45, 2.75) is 271 Å². The normalized spacial score (nSPS) is 12.4. The second-order valence-corrected chi connectivity index (χ2v) is 36.3. The molecule has 21 heteroatoms. The fraction of sp³-hybridized carbons (Fsp3) is 0.559. The second kappa shape index (κ2) is 73.0. The molecule has 7 aromatic rings. The van der Waals surface area contributed by atoms with Crippen LogP contribution in [0.4, 0.5) is 0 Å². The van der Waals surface area contributed by atoms with E-state index in [4.69, 9.17) is 52.8 Å². The number of carbonyl (C=O) groups excluding carboxylic acids is 5. The summed E-state index contributed by atoms with van der Waals surface area (Å²) in [6.07, 6.45) is 22.2. The van der Waals surface area contributed by atoms with E-state index in [9.17, 15) is 33.6 Å². The molecule has 0 aliphatic heterocycles. The molecular weight excluding hydrogens is 1670 g/mol. The van der Waals surface area contributed by atoms with Gasteiger partial charge in [-0.3, -0.25) is 24.0 Å². The first-order valence-electron chi connectivity index (χ1n) is 48.2. The van der Waals surface area contributed by atoms with Crippen LogP contribution < -0.4 is 33.2 Å². The van der Waals surface area contributed by atoms with Crippen molar-refractivity contribution in [2.75, 3.05) is 80.8 Å². The molecule has 0 heterocycles. The van der Waals surface area contributed by atoms with E-state index in [0.29, 0.717) is 131 Å². The number of hydrogen-bond donors (Lipinski definition) is 2. The largest absolute Gasteiger partial charge is 0.494 e. The number of aliphatic carboxylic acids is 2. The van der Waals surface area contributed by atoms with Crippen molar-refractivity contribution in [3.63, 3.8) is 0 Å². The van der Waals surface area contributed by atoms with E-state index in [1.165, 1.54) is 60.3 Å². The van der Waals surface area contributed by atoms with Crippen molar-refractivity contribution < 1.29 is 101 Å². The molecule has 1 aliphatic rings. The molecule has 0 atom stereocenters. The van der Waals surface area contributed by atoms with Gasteiger partial charge in [-0.05, 0) is 307 Å². The van der Waals surface area contributed by atoms with Gasteiger partial charge in [-0.25, -0.2) is 9.59 Å². The van der Waals surface area contributed by atoms with E-state index in [0.717, 1.165) is 164 Å². The van der Waals surface area contributed by atoms with Crippen molar-refractivity contribution in [1.29, 1.82) is 0 Å². The molecule has 1 aliphatic carbocycles. The highest BCUT2D eigenvalue weighted by molar-refractivity contribution is 5.72. The summed E-state index contributed by atoms with van der Waals surface area (Å²) < 4.78 is 62.2. The van der Waals surface area contributed by atoms with Gasteiger partial charge < -0.3 is 67.1 Å². The zero-order chi connectivity index (χ0) is 97.6. The van der Waals surface area contributed by atoms with Crippen LogP contribution in [0.15, 0.2) is 170 Å². The number of unbranched alkanes of at least 4 members (excludes halogenated alkanes) is 6. The first-order chi connectivity index (χ1) is 63.2. The number of esters is 5. The van der Waals surface area contributed by atoms with Gasteiger partial charge >= 0.3 is 41.8 Å². The van der Waals surface area contributed by atoms with Crippen LogP contribution in [0.2, 0.25) is 0 Å². The number of hydrogen-bond acceptors (Lipinski definition) is 19. The number of benzene rings is 7. The summed E-state index contributed by atoms with van der Waals surface area (Å²) >= 11 is 0. The molecule has 2 N–H and O–H groups in total. The van der Waals surface area contributed by atoms with E-state index >= 15 is 0 Å². The quantitative estimate of drug-likeness (QED) is 0.0204. The van der Waals surface area contributed by atoms with Gasteiger partial charge in [0.25, 0.3) is 0 Å². The Balaban J connectivity index is 0.000000523. The Morgan fingerprint density at radius 1 is 0.273 bits per heavy atom. The van der Waals surface area contributed by atoms with Crippen LogP contribution in [0.3, 0.4) is 0 Å². The number of carbonyl (C=O) groups is 7. The molecule has 0 saturated heterocycles. The number of carboxylic acid groups (broad SMARTS) is 2. The van der Waals surface area contributed by atoms with Crippen LogP contribution in [-0.2, 0) is 102 Å². The lowest BCUT2D eigenvalue weighted by atomic mass is 9.82. The van der Waals surface area contributed by atoms with Gasteiger partial charge in [0.15, 0.2) is 13.2 Å². The van der Waals surface area contributed by atoms with E-state index in [2.05, 4.69) is 184 Å². The van der Waals surface area contributed by atoms with Crippen molar-refractivity contribution in [3.05, 3.63) is 209 Å². The summed E-state index contributed by atoms with van der Waals surface area (Å²) in [7, 11) is 4.16. The first-order valence-corrected chi connectivity index (χ1v) is 48.2. The van der Waals surface area contributed by atoms with E-state index in [1.54, 1.807) is 12.1 Å². The van der Waals surface area contributed by atoms with Crippen molar-refractivity contribution in [3.8, 4) is 40.2 Å². The van der Waals surface area contributed by atoms with E-state index in [-0.39, 0.29) is 49.0 Å². The van der Waals surface area contributed by atoms with Gasteiger partial charge in [0.2, 0.25) is 0 Å². The van der Waals surface area contributed by atoms with Gasteiger partial charge in [-0.2, -0.15) is 0 Å². The summed E-state index contributed by atoms with van der Waals surface area (Å²) in [4.78, 5) is 76.1. The Labute approximate surface area is 792 Å². The molecular formula is C111H164O21. The van der Waals surface area contributed by atoms with Crippen LogP contribution in [0, 0.1) is 53.3 Å². The fourth-order valence-electron chi connectivity index (χ4n) is 13.8. The number of carboxylic acids is 2. The Bertz CT molecular complexity index is 4110. The maximum atomic E-state index is 11.2. The Morgan fingerprint density at radius 3 is 0.765 bits per heavy atom. The average Bonchev–Trinajstić information content (AvgIpc) is 0.884. The molecule has 7 aromatic carbocycles. The molecule has 0 unspecified atom stereocenters. The molecule has 21 nitrogen and oxygen atoms in total. The van der Waals surface area contributed by atoms with Gasteiger partial charge in [-0.1, -0.05) is 195 Å². The Kier molecular flexibility index (Phi) is 65.0. The standard InChI is InChI=1S/C19H30O3.C18H26O3.C18H28O3.C16H24O3.C15H22O3.C13H18O3.C12H16O3/c1-4-21-19(20)9-7-5-6-8-14-22-18-12-10-17(11-13-18)15-16(2)3;1-13(2)11-14-5-9-17(10-6-14)21-12-15-3-7-16(8-4-15)18(19)20;1-4-20-18(19)8-6-5-7-13-21-17-11-9-16(10-12-17)14-15(2)3;1-13(2)12-14-7-9-15(10-8-14)19-11-5-4-6-16(17)18-3;1-12(2)11-13-6-8-14(9-7-13)18-10-4-5-15(16)17-3;1-10(2)8-11-4-6-12(7-5-11)16-9-13(14)15-3;1-9(2)7-10-3-5-11(6-4-10)15-8-12(13)14/h10-13,16H,4-9,14-15H2,1-3H3;5-6,9-10,13,15-16H,3-4,7-8,11-12H2,1-2H3,(H,19,20);9-12,15H,4-8,13-14H2,1-3H3;7-10,13H,4-6,11-12H2,1-3H3;6-9,12H,4-5,10-11H2,1-3H3;4-7,10H,8-9H2,1-3H3;3-6,9H,7-8H2,1-2H3,(H,13,14). The Morgan fingerprint density at radius 2 is 0.500 bits per heavy atom. The summed E-state index contributed by atoms with van der Waals surface area (Å²) in [6, 6.07) is 56.9. The van der Waals surface area contributed by atoms with Gasteiger partial charge in [0, 0.05) is 25.7 Å². The van der Waals surface area contributed by atoms with Crippen molar-refractivity contribution in [2.24, 2.45) is 53.3 Å². The third kappa shape index (κ3) is 63.5. The molecule has 1 fully saturated rings. The third-order valence-electron chi connectivity index (χ3n) is 20.3. The van der Waals surface area contributed by atoms with Crippen LogP contribution in [0.25, 0.3) is 0 Å². The molecule has 0 radical (unpaired) electrons. The van der Waals surface area contributed by atoms with Crippen molar-refractivity contribution in [1.82, 2.24) is 0 Å². The van der Waals surface area contributed by atoms with Crippen molar-refractivity contribution >= 4 is 41.8 Å². The lowest BCUT2D eigenvalue weighted by molar-refractivity contribution is -0.144. The van der Waals surface area contributed by atoms with E-state index in [1.807, 2.05) is 98.8 Å². The summed E-state index contributed by atoms with van der Waals surface area (Å²) in [6.45, 7) is 38.5. The van der Waals surface area contributed by atoms with Crippen LogP contribution in [0.1, 0.15) is 265 Å². The SMILES string of the molecule is CC(C)Cc1ccc(OCC(=O)O)cc1.CC(C)Cc1ccc(OCC2CCC(C(=O)O)CC2)cc1.CCOC(=O)CCCCCCOc1ccc(CC(C)C)cc1.CCOC(=O)CCCCCOc1ccc(CC(C)C)cc1.COC(=O)CCCCOc1ccc(CC(C)C)cc1.COC(=O)CCCOc1ccc(CC(C)C)cc1.COC(=O)COc1ccc(CC(C)C)cc1. The lowest BCUT2D eigenvalue weighted by Crippen LogP contribution is -2.24. The summed E-state index contributed by atoms with van der Waals surface area (Å²) in [5.41, 5.74) is 9.25. The molecule has 8 rings (SSSR count). The molecule has 0 bridgehead atoms. The molecule has 0 aromatic heterocycles. The summed E-state index contributed by atoms with van der Waals surface area (Å²) in [5, 5.41) is 17.4. The topological polar surface area (TPSA) is 271 Å². The molecule has 734 valence electrons. The minimum atomic E-state index is -0.957. The molecule has 1 saturated carbocycles. The van der Waals surface area contributed by atoms with Gasteiger partial charge in [0.1, 0.15) is 40.2 Å². The minimum Gasteiger partial charge on any atom is -0.494 e. The zero-order valence-corrected chi connectivity index (χ0v) is 83.6. The molecule has 0 amide bonds. The smallest absolute Gasteiger partial charge is 0.343 e. The van der Waals surface area contributed by atoms with Gasteiger partial charge in [-0.15, -0.1) is 0 Å². The monoisotopic (exact) mass is 1830 g/mol. The predicted octanol–water partition coefficient (Wildman–Crippen LogP) is 24.9. The maximum Gasteiger partial charge on any atom is 0.343 e. The Hall–Kier alpha value is -10.6. The predicted molar refractivity (Wildman–Crippen MR) is 528 cm³/mol. The maximum absolute atomic E-state index is 11.2. The zero-order valence-electron chi connectivity index (χ0n) is 83.6. The van der Waals surface area contributed by atoms with Crippen LogP contribution >= 0.6 is 0 Å². The van der Waals surface area contributed by atoms with Crippen LogP contribution in [-0.4, -0.2) is 133 Å². The first kappa shape index (κ1) is 117. The number of ether oxygens (including phenoxy) is 12. The highest BCUT2D eigenvalue weighted by atomic mass is 16.6. The second-order valence-electron chi connectivity index (χ2n) is 36.3. The number of methoxy groups -OCH3 is 3. The highest BCUT2D eigenvalue weighted by Crippen LogP contribution is 2.31. The van der Waals surface area contributed by atoms with E-state index < -0.39 is 11.9 Å². The minimum absolute atomic E-state index is 0.0416. The summed E-state index contributed by atoms with van der Waals surface area (Å²) in [5.74, 6) is 8.31. The fourth-order valence-corrected chi connectivity index (χ4v) is 13.8. The number of rotatable bonds is 52. The molecule has 0 spiro atoms. The molecule has 132 heavy (non-hydrogen) atoms. The average molecular weight is 1830 g/mol.